The van der Waals surface area contributed by atoms with Crippen LogP contribution in [0.25, 0.3) is 11.2 Å². The van der Waals surface area contributed by atoms with E-state index in [1.54, 1.807) is 12.4 Å². The molecule has 0 amide bonds. The summed E-state index contributed by atoms with van der Waals surface area (Å²) < 4.78 is 0. The topological polar surface area (TPSA) is 104 Å². The molecule has 2 atom stereocenters. The third-order valence-electron chi connectivity index (χ3n) is 3.33. The minimum absolute atomic E-state index is 0.133. The summed E-state index contributed by atoms with van der Waals surface area (Å²) in [4.78, 5) is 19.4. The summed E-state index contributed by atoms with van der Waals surface area (Å²) in [6.07, 6.45) is 4.63. The molecule has 1 saturated heterocycles. The number of carboxylic acid groups (broad SMARTS) is 1. The molecule has 2 unspecified atom stereocenters. The Kier molecular flexibility index (Phi) is 2.67. The molecule has 2 aromatic heterocycles. The lowest BCUT2D eigenvalue weighted by molar-refractivity contribution is -0.140. The Bertz CT molecular complexity index is 582. The normalized spacial score (nSPS) is 24.2. The van der Waals surface area contributed by atoms with Gasteiger partial charge in [-0.3, -0.25) is 9.89 Å². The lowest BCUT2D eigenvalue weighted by atomic mass is 9.89. The summed E-state index contributed by atoms with van der Waals surface area (Å²) >= 11 is 0. The van der Waals surface area contributed by atoms with Crippen molar-refractivity contribution in [3.63, 3.8) is 0 Å². The number of carbonyl (C=O) groups is 1. The van der Waals surface area contributed by atoms with Crippen LogP contribution < -0.4 is 5.32 Å². The average Bonchev–Trinajstić information content (AvgIpc) is 2.82. The van der Waals surface area contributed by atoms with Crippen LogP contribution in [-0.4, -0.2) is 43.8 Å². The third-order valence-corrected chi connectivity index (χ3v) is 3.33. The molecule has 1 aliphatic rings. The van der Waals surface area contributed by atoms with E-state index in [4.69, 9.17) is 5.11 Å². The maximum absolute atomic E-state index is 11.0. The molecule has 0 aliphatic carbocycles. The molecule has 7 nitrogen and oxygen atoms in total. The second kappa shape index (κ2) is 4.34. The summed E-state index contributed by atoms with van der Waals surface area (Å²) in [6, 6.07) is -0.501. The van der Waals surface area contributed by atoms with Gasteiger partial charge in [0.05, 0.1) is 5.69 Å². The molecule has 0 saturated carbocycles. The van der Waals surface area contributed by atoms with Crippen molar-refractivity contribution in [3.05, 3.63) is 18.1 Å². The summed E-state index contributed by atoms with van der Waals surface area (Å²) in [7, 11) is 0. The van der Waals surface area contributed by atoms with E-state index in [2.05, 4.69) is 25.5 Å². The zero-order valence-corrected chi connectivity index (χ0v) is 9.63. The lowest BCUT2D eigenvalue weighted by Crippen LogP contribution is -2.42. The fourth-order valence-corrected chi connectivity index (χ4v) is 2.42. The van der Waals surface area contributed by atoms with Gasteiger partial charge in [0.25, 0.3) is 0 Å². The smallest absolute Gasteiger partial charge is 0.320 e. The zero-order valence-electron chi connectivity index (χ0n) is 9.63. The van der Waals surface area contributed by atoms with Crippen LogP contribution in [-0.2, 0) is 4.79 Å². The van der Waals surface area contributed by atoms with Crippen LogP contribution in [0.4, 0.5) is 0 Å². The van der Waals surface area contributed by atoms with Gasteiger partial charge in [-0.05, 0) is 19.4 Å². The van der Waals surface area contributed by atoms with Crippen LogP contribution in [0.3, 0.4) is 0 Å². The number of nitrogens with zero attached hydrogens (tertiary/aromatic N) is 3. The molecule has 7 heteroatoms. The molecular weight excluding hydrogens is 234 g/mol. The third kappa shape index (κ3) is 1.82. The number of aliphatic carboxylic acids is 1. The van der Waals surface area contributed by atoms with Gasteiger partial charge in [-0.25, -0.2) is 9.97 Å². The molecule has 0 spiro atoms. The van der Waals surface area contributed by atoms with Crippen molar-refractivity contribution in [2.24, 2.45) is 0 Å². The maximum Gasteiger partial charge on any atom is 0.320 e. The fourth-order valence-electron chi connectivity index (χ4n) is 2.42. The fraction of sp³-hybridized carbons (Fsp3) is 0.455. The van der Waals surface area contributed by atoms with Crippen molar-refractivity contribution in [2.75, 3.05) is 6.54 Å². The Morgan fingerprint density at radius 3 is 3.06 bits per heavy atom. The van der Waals surface area contributed by atoms with E-state index >= 15 is 0 Å². The van der Waals surface area contributed by atoms with E-state index in [0.29, 0.717) is 18.6 Å². The SMILES string of the molecule is O=C(O)C1CC(c2[nH]nc3nccnc23)CCN1. The predicted octanol–water partition coefficient (Wildman–Crippen LogP) is 0.273. The molecule has 0 radical (unpaired) electrons. The number of carboxylic acids is 1. The largest absolute Gasteiger partial charge is 0.480 e. The first-order valence-corrected chi connectivity index (χ1v) is 5.87. The van der Waals surface area contributed by atoms with Crippen LogP contribution >= 0.6 is 0 Å². The van der Waals surface area contributed by atoms with Gasteiger partial charge in [0, 0.05) is 18.3 Å². The van der Waals surface area contributed by atoms with Crippen LogP contribution in [0, 0.1) is 0 Å². The molecule has 3 heterocycles. The molecule has 1 aliphatic heterocycles. The van der Waals surface area contributed by atoms with Crippen molar-refractivity contribution < 1.29 is 9.90 Å². The van der Waals surface area contributed by atoms with Crippen molar-refractivity contribution in [2.45, 2.75) is 24.8 Å². The van der Waals surface area contributed by atoms with E-state index in [9.17, 15) is 4.79 Å². The number of piperidine rings is 1. The molecule has 2 aromatic rings. The number of hydrogen-bond acceptors (Lipinski definition) is 5. The highest BCUT2D eigenvalue weighted by atomic mass is 16.4. The molecule has 0 bridgehead atoms. The number of aromatic amines is 1. The van der Waals surface area contributed by atoms with E-state index in [0.717, 1.165) is 17.6 Å². The quantitative estimate of drug-likeness (QED) is 0.704. The minimum atomic E-state index is -0.811. The summed E-state index contributed by atoms with van der Waals surface area (Å²) in [5, 5.41) is 19.1. The molecule has 18 heavy (non-hydrogen) atoms. The van der Waals surface area contributed by atoms with Crippen LogP contribution in [0.15, 0.2) is 12.4 Å². The van der Waals surface area contributed by atoms with E-state index in [1.807, 2.05) is 0 Å². The first kappa shape index (κ1) is 11.1. The first-order valence-electron chi connectivity index (χ1n) is 5.87. The summed E-state index contributed by atoms with van der Waals surface area (Å²) in [5.74, 6) is -0.677. The Morgan fingerprint density at radius 2 is 2.22 bits per heavy atom. The van der Waals surface area contributed by atoms with Gasteiger partial charge in [-0.1, -0.05) is 0 Å². The molecule has 94 valence electrons. The van der Waals surface area contributed by atoms with Crippen molar-refractivity contribution in [1.82, 2.24) is 25.5 Å². The molecule has 0 aromatic carbocycles. The standard InChI is InChI=1S/C11H13N5O2/c17-11(18)7-5-6(1-2-12-7)8-9-10(16-15-8)14-4-3-13-9/h3-4,6-7,12H,1-2,5H2,(H,17,18)(H,14,15,16). The first-order chi connectivity index (χ1) is 8.75. The van der Waals surface area contributed by atoms with Gasteiger partial charge < -0.3 is 10.4 Å². The predicted molar refractivity (Wildman–Crippen MR) is 63.1 cm³/mol. The van der Waals surface area contributed by atoms with Gasteiger partial charge in [0.1, 0.15) is 11.6 Å². The van der Waals surface area contributed by atoms with Crippen LogP contribution in [0.1, 0.15) is 24.5 Å². The Hall–Kier alpha value is -2.02. The number of fused-ring (bicyclic) bond motifs is 1. The molecule has 3 rings (SSSR count). The summed E-state index contributed by atoms with van der Waals surface area (Å²) in [6.45, 7) is 0.683. The number of rotatable bonds is 2. The van der Waals surface area contributed by atoms with Gasteiger partial charge in [0.2, 0.25) is 0 Å². The monoisotopic (exact) mass is 247 g/mol. The second-order valence-corrected chi connectivity index (χ2v) is 4.43. The van der Waals surface area contributed by atoms with Gasteiger partial charge in [-0.15, -0.1) is 0 Å². The van der Waals surface area contributed by atoms with Crippen LogP contribution in [0.2, 0.25) is 0 Å². The average molecular weight is 247 g/mol. The number of aromatic nitrogens is 4. The van der Waals surface area contributed by atoms with Crippen molar-refractivity contribution >= 4 is 17.1 Å². The van der Waals surface area contributed by atoms with Crippen molar-refractivity contribution in [3.8, 4) is 0 Å². The Labute approximate surface area is 103 Å². The van der Waals surface area contributed by atoms with Crippen molar-refractivity contribution in [1.29, 1.82) is 0 Å². The molecule has 1 fully saturated rings. The lowest BCUT2D eigenvalue weighted by Gasteiger charge is -2.26. The highest BCUT2D eigenvalue weighted by Crippen LogP contribution is 2.29. The second-order valence-electron chi connectivity index (χ2n) is 4.43. The van der Waals surface area contributed by atoms with Gasteiger partial charge >= 0.3 is 5.97 Å². The molecule has 3 N–H and O–H groups in total. The van der Waals surface area contributed by atoms with E-state index < -0.39 is 12.0 Å². The number of H-pyrrole nitrogens is 1. The highest BCUT2D eigenvalue weighted by Gasteiger charge is 2.29. The summed E-state index contributed by atoms with van der Waals surface area (Å²) in [5.41, 5.74) is 2.22. The zero-order chi connectivity index (χ0) is 12.5. The maximum atomic E-state index is 11.0. The molecular formula is C11H13N5O2. The van der Waals surface area contributed by atoms with E-state index in [1.165, 1.54) is 0 Å². The number of nitrogens with one attached hydrogen (secondary N) is 2. The van der Waals surface area contributed by atoms with E-state index in [-0.39, 0.29) is 5.92 Å². The Morgan fingerprint density at radius 1 is 1.39 bits per heavy atom. The highest BCUT2D eigenvalue weighted by molar-refractivity contribution is 5.75. The van der Waals surface area contributed by atoms with Crippen LogP contribution in [0.5, 0.6) is 0 Å². The number of hydrogen-bond donors (Lipinski definition) is 3. The minimum Gasteiger partial charge on any atom is -0.480 e. The van der Waals surface area contributed by atoms with Gasteiger partial charge in [-0.2, -0.15) is 5.10 Å². The van der Waals surface area contributed by atoms with Gasteiger partial charge in [0.15, 0.2) is 5.65 Å². The Balaban J connectivity index is 1.92.